The zero-order valence-electron chi connectivity index (χ0n) is 50.2. The molecule has 4 aromatic heterocycles. The maximum absolute atomic E-state index is 9.89. The highest BCUT2D eigenvalue weighted by molar-refractivity contribution is 6.14. The summed E-state index contributed by atoms with van der Waals surface area (Å²) in [5.74, 6) is 0.625. The van der Waals surface area contributed by atoms with Crippen molar-refractivity contribution >= 4 is 71.0 Å². The SMILES string of the molecule is C=C/C(C#N)=C\C=C(/C)c1ccc2c(c1)c1cc(-c3ccc(C#N)cc3)ccc1n2-c1c(-c2cccc(-n3c4ccccc4c4ccccc43)c2)cc(-c2cc(-c3ccccc3)nc(-c3ccccc3)n2)cc1-c1cccc(-n2c3ccccc3c3ccccc32)c1. The number of para-hydroxylation sites is 4. The van der Waals surface area contributed by atoms with Crippen LogP contribution >= 0.6 is 0 Å². The number of fused-ring (bicyclic) bond motifs is 9. The Balaban J connectivity index is 1.05. The number of benzene rings is 12. The van der Waals surface area contributed by atoms with E-state index in [0.717, 1.165) is 134 Å². The van der Waals surface area contributed by atoms with E-state index in [1.165, 1.54) is 21.5 Å². The van der Waals surface area contributed by atoms with Crippen LogP contribution in [0.25, 0.3) is 155 Å². The number of allylic oxidation sites excluding steroid dienone is 5. The fourth-order valence-corrected chi connectivity index (χ4v) is 13.4. The molecule has 0 bridgehead atoms. The van der Waals surface area contributed by atoms with Crippen molar-refractivity contribution in [3.8, 4) is 96.5 Å². The Morgan fingerprint density at radius 3 is 1.35 bits per heavy atom. The summed E-state index contributed by atoms with van der Waals surface area (Å²) in [7, 11) is 0. The molecule has 0 aliphatic rings. The minimum atomic E-state index is 0.483. The normalized spacial score (nSPS) is 11.9. The zero-order valence-corrected chi connectivity index (χ0v) is 50.2. The van der Waals surface area contributed by atoms with E-state index in [0.29, 0.717) is 17.0 Å². The van der Waals surface area contributed by atoms with E-state index >= 15 is 0 Å². The van der Waals surface area contributed by atoms with Crippen LogP contribution in [-0.4, -0.2) is 23.7 Å². The van der Waals surface area contributed by atoms with E-state index in [2.05, 4.69) is 276 Å². The van der Waals surface area contributed by atoms with Crippen LogP contribution in [0.3, 0.4) is 0 Å². The highest BCUT2D eigenvalue weighted by Crippen LogP contribution is 2.47. The Kier molecular flexibility index (Phi) is 13.6. The molecule has 0 atom stereocenters. The van der Waals surface area contributed by atoms with Gasteiger partial charge in [0.05, 0.1) is 73.5 Å². The first-order chi connectivity index (χ1) is 45.4. The van der Waals surface area contributed by atoms with Crippen molar-refractivity contribution in [2.75, 3.05) is 0 Å². The highest BCUT2D eigenvalue weighted by atomic mass is 15.0. The predicted octanol–water partition coefficient (Wildman–Crippen LogP) is 21.7. The first-order valence-corrected chi connectivity index (χ1v) is 30.8. The predicted molar refractivity (Wildman–Crippen MR) is 380 cm³/mol. The van der Waals surface area contributed by atoms with Gasteiger partial charge in [-0.05, 0) is 150 Å². The standard InChI is InChI=1S/C85H55N7/c1-3-56(53-86)37-36-55(2)61-42-44-82-74(48-61)75-49-62(58-40-38-57(54-87)39-41-58)43-45-83(75)92(82)84-72(63-24-18-26-66(46-63)90-78-32-14-10-28-68(78)69-29-11-15-33-79(69)90)50-65(77-52-76(59-20-6-4-7-21-59)88-85(89-77)60-22-8-5-9-23-60)51-73(84)64-25-19-27-67(47-64)91-80-34-16-12-30-70(80)71-31-13-17-35-81(71)91/h3-52H,1H2,2H3/b55-36+,56-37+. The average Bonchev–Trinajstić information content (AvgIpc) is 1.60. The molecular weight excluding hydrogens is 1120 g/mol. The Labute approximate surface area is 532 Å². The summed E-state index contributed by atoms with van der Waals surface area (Å²) in [5.41, 5.74) is 23.0. The smallest absolute Gasteiger partial charge is 0.160 e. The van der Waals surface area contributed by atoms with Gasteiger partial charge < -0.3 is 13.7 Å². The van der Waals surface area contributed by atoms with Crippen LogP contribution < -0.4 is 0 Å². The molecular formula is C85H55N7. The third kappa shape index (κ3) is 9.45. The molecule has 16 rings (SSSR count). The summed E-state index contributed by atoms with van der Waals surface area (Å²) < 4.78 is 7.26. The van der Waals surface area contributed by atoms with Crippen LogP contribution in [0.15, 0.2) is 315 Å². The fraction of sp³-hybridized carbons (Fsp3) is 0.0118. The molecule has 430 valence electrons. The minimum absolute atomic E-state index is 0.483. The number of nitrogens with zero attached hydrogens (tertiary/aromatic N) is 7. The van der Waals surface area contributed by atoms with E-state index in [4.69, 9.17) is 9.97 Å². The number of hydrogen-bond donors (Lipinski definition) is 0. The van der Waals surface area contributed by atoms with Crippen LogP contribution in [0, 0.1) is 22.7 Å². The third-order valence-electron chi connectivity index (χ3n) is 17.9. The number of hydrogen-bond acceptors (Lipinski definition) is 4. The molecule has 0 fully saturated rings. The summed E-state index contributed by atoms with van der Waals surface area (Å²) in [6.45, 7) is 5.96. The molecule has 4 heterocycles. The molecule has 0 radical (unpaired) electrons. The first-order valence-electron chi connectivity index (χ1n) is 30.8. The van der Waals surface area contributed by atoms with Gasteiger partial charge in [0, 0.05) is 71.5 Å². The maximum atomic E-state index is 9.89. The summed E-state index contributed by atoms with van der Waals surface area (Å²) in [4.78, 5) is 10.8. The first kappa shape index (κ1) is 54.7. The van der Waals surface area contributed by atoms with Gasteiger partial charge >= 0.3 is 0 Å². The lowest BCUT2D eigenvalue weighted by molar-refractivity contribution is 1.16. The van der Waals surface area contributed by atoms with Crippen LogP contribution in [0.2, 0.25) is 0 Å². The van der Waals surface area contributed by atoms with Crippen molar-refractivity contribution in [1.82, 2.24) is 23.7 Å². The molecule has 0 saturated carbocycles. The Hall–Kier alpha value is -12.7. The van der Waals surface area contributed by atoms with E-state index in [1.807, 2.05) is 60.7 Å². The van der Waals surface area contributed by atoms with Crippen molar-refractivity contribution in [1.29, 1.82) is 10.5 Å². The van der Waals surface area contributed by atoms with Crippen LogP contribution in [0.5, 0.6) is 0 Å². The van der Waals surface area contributed by atoms with Gasteiger partial charge in [-0.25, -0.2) is 9.97 Å². The van der Waals surface area contributed by atoms with Gasteiger partial charge in [0.2, 0.25) is 0 Å². The van der Waals surface area contributed by atoms with Crippen molar-refractivity contribution < 1.29 is 0 Å². The summed E-state index contributed by atoms with van der Waals surface area (Å²) in [6, 6.07) is 106. The van der Waals surface area contributed by atoms with E-state index in [1.54, 1.807) is 6.08 Å². The highest BCUT2D eigenvalue weighted by Gasteiger charge is 2.25. The molecule has 0 aliphatic heterocycles. The van der Waals surface area contributed by atoms with Gasteiger partial charge in [-0.2, -0.15) is 10.5 Å². The lowest BCUT2D eigenvalue weighted by Gasteiger charge is -2.22. The second-order valence-corrected chi connectivity index (χ2v) is 23.2. The van der Waals surface area contributed by atoms with Gasteiger partial charge in [0.1, 0.15) is 0 Å². The summed E-state index contributed by atoms with van der Waals surface area (Å²) in [5, 5.41) is 26.6. The number of aromatic nitrogens is 5. The topological polar surface area (TPSA) is 88.2 Å². The molecule has 12 aromatic carbocycles. The lowest BCUT2D eigenvalue weighted by atomic mass is 9.91. The lowest BCUT2D eigenvalue weighted by Crippen LogP contribution is -2.04. The molecule has 7 nitrogen and oxygen atoms in total. The van der Waals surface area contributed by atoms with E-state index in [-0.39, 0.29) is 0 Å². The van der Waals surface area contributed by atoms with Crippen molar-refractivity contribution in [2.45, 2.75) is 6.92 Å². The molecule has 0 saturated heterocycles. The fourth-order valence-electron chi connectivity index (χ4n) is 13.4. The monoisotopic (exact) mass is 1170 g/mol. The van der Waals surface area contributed by atoms with Gasteiger partial charge in [-0.3, -0.25) is 0 Å². The quantitative estimate of drug-likeness (QED) is 0.0901. The van der Waals surface area contributed by atoms with Crippen molar-refractivity contribution in [3.63, 3.8) is 0 Å². The van der Waals surface area contributed by atoms with Gasteiger partial charge in [0.25, 0.3) is 0 Å². The van der Waals surface area contributed by atoms with Crippen LogP contribution in [0.1, 0.15) is 18.1 Å². The molecule has 92 heavy (non-hydrogen) atoms. The Morgan fingerprint density at radius 2 is 0.826 bits per heavy atom. The number of rotatable bonds is 12. The maximum Gasteiger partial charge on any atom is 0.160 e. The van der Waals surface area contributed by atoms with Gasteiger partial charge in [-0.1, -0.05) is 201 Å². The van der Waals surface area contributed by atoms with Crippen LogP contribution in [-0.2, 0) is 0 Å². The molecule has 0 spiro atoms. The molecule has 0 N–H and O–H groups in total. The largest absolute Gasteiger partial charge is 0.309 e. The van der Waals surface area contributed by atoms with Crippen molar-refractivity contribution in [2.24, 2.45) is 0 Å². The molecule has 7 heteroatoms. The second kappa shape index (κ2) is 22.8. The molecule has 0 aliphatic carbocycles. The van der Waals surface area contributed by atoms with E-state index < -0.39 is 0 Å². The van der Waals surface area contributed by atoms with Crippen molar-refractivity contribution in [3.05, 3.63) is 327 Å². The molecule has 0 amide bonds. The average molecular weight is 1170 g/mol. The third-order valence-corrected chi connectivity index (χ3v) is 17.9. The Morgan fingerprint density at radius 1 is 0.370 bits per heavy atom. The molecule has 0 unspecified atom stereocenters. The van der Waals surface area contributed by atoms with Crippen LogP contribution in [0.4, 0.5) is 0 Å². The van der Waals surface area contributed by atoms with E-state index in [9.17, 15) is 10.5 Å². The van der Waals surface area contributed by atoms with Gasteiger partial charge in [0.15, 0.2) is 5.82 Å². The number of nitriles is 2. The summed E-state index contributed by atoms with van der Waals surface area (Å²) in [6.07, 6.45) is 5.40. The molecule has 16 aromatic rings. The zero-order chi connectivity index (χ0) is 61.8. The Bertz CT molecular complexity index is 5460. The van der Waals surface area contributed by atoms with Gasteiger partial charge in [-0.15, -0.1) is 0 Å². The summed E-state index contributed by atoms with van der Waals surface area (Å²) >= 11 is 0. The second-order valence-electron chi connectivity index (χ2n) is 23.2. The minimum Gasteiger partial charge on any atom is -0.309 e.